The van der Waals surface area contributed by atoms with Crippen molar-refractivity contribution in [2.45, 2.75) is 90.1 Å². The average Bonchev–Trinajstić information content (AvgIpc) is 2.42. The molecule has 5 nitrogen and oxygen atoms in total. The first kappa shape index (κ1) is 22.3. The first-order valence-electron chi connectivity index (χ1n) is 8.43. The van der Waals surface area contributed by atoms with Gasteiger partial charge in [0.25, 0.3) is 0 Å². The molecule has 0 saturated heterocycles. The van der Waals surface area contributed by atoms with E-state index in [0.717, 1.165) is 0 Å². The molecule has 0 amide bonds. The van der Waals surface area contributed by atoms with E-state index in [1.54, 1.807) is 0 Å². The lowest BCUT2D eigenvalue weighted by Crippen LogP contribution is -2.51. The molecule has 23 heavy (non-hydrogen) atoms. The Kier molecular flexibility index (Phi) is 9.24. The number of esters is 1. The van der Waals surface area contributed by atoms with Crippen molar-refractivity contribution in [3.8, 4) is 0 Å². The fourth-order valence-electron chi connectivity index (χ4n) is 3.51. The Morgan fingerprint density at radius 1 is 0.957 bits per heavy atom. The molecule has 0 aromatic carbocycles. The van der Waals surface area contributed by atoms with Gasteiger partial charge in [0.2, 0.25) is 8.32 Å². The van der Waals surface area contributed by atoms with Crippen LogP contribution in [0.4, 0.5) is 0 Å². The van der Waals surface area contributed by atoms with E-state index < -0.39 is 26.5 Å². The van der Waals surface area contributed by atoms with Crippen LogP contribution in [0.25, 0.3) is 0 Å². The third-order valence-electron chi connectivity index (χ3n) is 4.64. The van der Waals surface area contributed by atoms with Crippen LogP contribution in [0.2, 0.25) is 16.6 Å². The minimum Gasteiger partial charge on any atom is -0.469 e. The monoisotopic (exact) mass is 346 g/mol. The number of aliphatic hydroxyl groups excluding tert-OH is 1. The van der Waals surface area contributed by atoms with Gasteiger partial charge in [-0.1, -0.05) is 41.5 Å². The van der Waals surface area contributed by atoms with E-state index in [1.807, 2.05) is 6.92 Å². The highest BCUT2D eigenvalue weighted by Gasteiger charge is 2.46. The molecule has 0 rings (SSSR count). The van der Waals surface area contributed by atoms with E-state index in [4.69, 9.17) is 4.43 Å². The fourth-order valence-corrected chi connectivity index (χ4v) is 9.13. The molecular weight excluding hydrogens is 312 g/mol. The molecule has 0 aliphatic rings. The van der Waals surface area contributed by atoms with Crippen LogP contribution in [0.3, 0.4) is 0 Å². The fraction of sp³-hybridized carbons (Fsp3) is 0.882. The normalized spacial score (nSPS) is 15.1. The van der Waals surface area contributed by atoms with Gasteiger partial charge in [-0.25, -0.2) is 0 Å². The standard InChI is InChI=1S/C17H34O5Si/c1-11(2)23(12(3)4,13(5)6)22-14(7)16(19)9-15(18)10-17(20)21-8/h11-14,16,19H,9-10H2,1-8H3/t14-,16-/m1/s1. The summed E-state index contributed by atoms with van der Waals surface area (Å²) < 4.78 is 10.9. The van der Waals surface area contributed by atoms with Crippen molar-refractivity contribution in [2.75, 3.05) is 7.11 Å². The quantitative estimate of drug-likeness (QED) is 0.372. The van der Waals surface area contributed by atoms with Gasteiger partial charge < -0.3 is 14.3 Å². The van der Waals surface area contributed by atoms with Crippen molar-refractivity contribution in [2.24, 2.45) is 0 Å². The zero-order valence-corrected chi connectivity index (χ0v) is 16.9. The number of ether oxygens (including phenoxy) is 1. The molecule has 1 N–H and O–H groups in total. The molecule has 0 spiro atoms. The van der Waals surface area contributed by atoms with E-state index in [9.17, 15) is 14.7 Å². The van der Waals surface area contributed by atoms with Gasteiger partial charge in [-0.05, 0) is 23.5 Å². The molecule has 0 bridgehead atoms. The molecule has 0 fully saturated rings. The highest BCUT2D eigenvalue weighted by atomic mass is 28.4. The van der Waals surface area contributed by atoms with E-state index in [0.29, 0.717) is 16.6 Å². The van der Waals surface area contributed by atoms with Crippen LogP contribution in [0.5, 0.6) is 0 Å². The van der Waals surface area contributed by atoms with E-state index in [-0.39, 0.29) is 18.6 Å². The van der Waals surface area contributed by atoms with Crippen LogP contribution in [0.15, 0.2) is 0 Å². The van der Waals surface area contributed by atoms with Crippen molar-refractivity contribution in [1.82, 2.24) is 0 Å². The minimum atomic E-state index is -2.11. The van der Waals surface area contributed by atoms with Gasteiger partial charge >= 0.3 is 5.97 Å². The van der Waals surface area contributed by atoms with Crippen LogP contribution in [0.1, 0.15) is 61.3 Å². The summed E-state index contributed by atoms with van der Waals surface area (Å²) in [5.41, 5.74) is 1.22. The Balaban J connectivity index is 4.96. The van der Waals surface area contributed by atoms with E-state index in [1.165, 1.54) is 7.11 Å². The van der Waals surface area contributed by atoms with Crippen molar-refractivity contribution >= 4 is 20.1 Å². The maximum absolute atomic E-state index is 11.8. The molecule has 0 aliphatic carbocycles. The Labute approximate surface area is 141 Å². The van der Waals surface area contributed by atoms with Crippen molar-refractivity contribution in [3.63, 3.8) is 0 Å². The number of carbonyl (C=O) groups excluding carboxylic acids is 2. The summed E-state index contributed by atoms with van der Waals surface area (Å²) in [5.74, 6) is -0.906. The highest BCUT2D eigenvalue weighted by molar-refractivity contribution is 6.77. The number of carbonyl (C=O) groups is 2. The number of methoxy groups -OCH3 is 1. The van der Waals surface area contributed by atoms with Crippen LogP contribution in [-0.2, 0) is 18.8 Å². The minimum absolute atomic E-state index is 0.0883. The van der Waals surface area contributed by atoms with Gasteiger partial charge in [0.15, 0.2) is 0 Å². The molecule has 2 atom stereocenters. The second-order valence-electron chi connectivity index (χ2n) is 7.20. The summed E-state index contributed by atoms with van der Waals surface area (Å²) in [6, 6.07) is 0. The lowest BCUT2D eigenvalue weighted by atomic mass is 10.1. The summed E-state index contributed by atoms with van der Waals surface area (Å²) in [7, 11) is -0.865. The Morgan fingerprint density at radius 2 is 1.39 bits per heavy atom. The zero-order chi connectivity index (χ0) is 18.4. The molecule has 0 heterocycles. The topological polar surface area (TPSA) is 72.8 Å². The molecule has 0 radical (unpaired) electrons. The molecule has 6 heteroatoms. The average molecular weight is 347 g/mol. The summed E-state index contributed by atoms with van der Waals surface area (Å²) in [5, 5.41) is 10.3. The number of ketones is 1. The highest BCUT2D eigenvalue weighted by Crippen LogP contribution is 2.43. The predicted octanol–water partition coefficient (Wildman–Crippen LogP) is 3.45. The molecular formula is C17H34O5Si. The second-order valence-corrected chi connectivity index (χ2v) is 12.6. The Morgan fingerprint density at radius 3 is 1.74 bits per heavy atom. The van der Waals surface area contributed by atoms with Crippen molar-refractivity contribution in [3.05, 3.63) is 0 Å². The lowest BCUT2D eigenvalue weighted by Gasteiger charge is -2.44. The Hall–Kier alpha value is -0.723. The van der Waals surface area contributed by atoms with Crippen LogP contribution in [-0.4, -0.2) is 44.5 Å². The number of hydrogen-bond donors (Lipinski definition) is 1. The van der Waals surface area contributed by atoms with Gasteiger partial charge in [0.1, 0.15) is 12.2 Å². The molecule has 0 unspecified atom stereocenters. The third kappa shape index (κ3) is 6.01. The smallest absolute Gasteiger partial charge is 0.313 e. The zero-order valence-electron chi connectivity index (χ0n) is 15.9. The molecule has 0 aromatic rings. The number of aliphatic hydroxyl groups is 1. The summed E-state index contributed by atoms with van der Waals surface area (Å²) in [6.07, 6.45) is -1.73. The van der Waals surface area contributed by atoms with Crippen molar-refractivity contribution < 1.29 is 23.9 Å². The van der Waals surface area contributed by atoms with Gasteiger partial charge in [0.05, 0.1) is 19.3 Å². The Bertz CT molecular complexity index is 371. The lowest BCUT2D eigenvalue weighted by molar-refractivity contribution is -0.144. The largest absolute Gasteiger partial charge is 0.469 e. The molecule has 0 aromatic heterocycles. The van der Waals surface area contributed by atoms with E-state index in [2.05, 4.69) is 46.3 Å². The molecule has 136 valence electrons. The molecule has 0 aliphatic heterocycles. The van der Waals surface area contributed by atoms with E-state index >= 15 is 0 Å². The first-order chi connectivity index (χ1) is 10.5. The maximum atomic E-state index is 11.8. The summed E-state index contributed by atoms with van der Waals surface area (Å²) in [4.78, 5) is 22.9. The maximum Gasteiger partial charge on any atom is 0.313 e. The van der Waals surface area contributed by atoms with Crippen LogP contribution >= 0.6 is 0 Å². The number of Topliss-reactive ketones (excluding diaryl/α,β-unsaturated/α-hetero) is 1. The van der Waals surface area contributed by atoms with Gasteiger partial charge in [0, 0.05) is 6.42 Å². The summed E-state index contributed by atoms with van der Waals surface area (Å²) in [6.45, 7) is 14.9. The van der Waals surface area contributed by atoms with Gasteiger partial charge in [-0.2, -0.15) is 0 Å². The number of rotatable bonds is 10. The van der Waals surface area contributed by atoms with Crippen LogP contribution < -0.4 is 0 Å². The van der Waals surface area contributed by atoms with Gasteiger partial charge in [-0.3, -0.25) is 9.59 Å². The summed E-state index contributed by atoms with van der Waals surface area (Å²) >= 11 is 0. The second kappa shape index (κ2) is 9.54. The van der Waals surface area contributed by atoms with Gasteiger partial charge in [-0.15, -0.1) is 0 Å². The SMILES string of the molecule is COC(=O)CC(=O)C[C@@H](O)[C@@H](C)O[Si](C(C)C)(C(C)C)C(C)C. The molecule has 0 saturated carbocycles. The predicted molar refractivity (Wildman–Crippen MR) is 93.9 cm³/mol. The van der Waals surface area contributed by atoms with Crippen LogP contribution in [0, 0.1) is 0 Å². The van der Waals surface area contributed by atoms with Crippen molar-refractivity contribution in [1.29, 1.82) is 0 Å². The third-order valence-corrected chi connectivity index (χ3v) is 10.8. The number of hydrogen-bond acceptors (Lipinski definition) is 5. The first-order valence-corrected chi connectivity index (χ1v) is 10.6.